The van der Waals surface area contributed by atoms with Crippen molar-refractivity contribution < 1.29 is 22.7 Å². The Morgan fingerprint density at radius 2 is 1.80 bits per heavy atom. The standard InChI is InChI=1S/C27H32ClN5O5S2/c1-29-5-4-20-16-32(17-21(20)15-29)27(35)31-6-7-33(23(18-31)14-25(34)30-8-10-38-11-9-30)40(36,37)26-12-19-2-3-22(28)13-24(19)39-26/h2-3,12-13,16-17,23H,4-11,14-15,18H2,1H3. The number of sulfonamides is 1. The van der Waals surface area contributed by atoms with Crippen molar-refractivity contribution >= 4 is 55.0 Å². The first-order valence-electron chi connectivity index (χ1n) is 13.4. The highest BCUT2D eigenvalue weighted by Gasteiger charge is 2.40. The van der Waals surface area contributed by atoms with Gasteiger partial charge in [-0.05, 0) is 48.2 Å². The number of piperazine rings is 1. The van der Waals surface area contributed by atoms with Gasteiger partial charge in [-0.15, -0.1) is 11.3 Å². The summed E-state index contributed by atoms with van der Waals surface area (Å²) in [6.07, 6.45) is 4.65. The number of rotatable bonds is 4. The van der Waals surface area contributed by atoms with E-state index in [9.17, 15) is 18.0 Å². The summed E-state index contributed by atoms with van der Waals surface area (Å²) < 4.78 is 37.3. The van der Waals surface area contributed by atoms with E-state index in [0.717, 1.165) is 40.7 Å². The predicted molar refractivity (Wildman–Crippen MR) is 153 cm³/mol. The Bertz CT molecular complexity index is 1550. The molecule has 1 unspecified atom stereocenters. The lowest BCUT2D eigenvalue weighted by Crippen LogP contribution is -2.58. The molecular weight excluding hydrogens is 574 g/mol. The van der Waals surface area contributed by atoms with Crippen molar-refractivity contribution in [3.8, 4) is 0 Å². The smallest absolute Gasteiger partial charge is 0.328 e. The minimum Gasteiger partial charge on any atom is -0.378 e. The zero-order valence-electron chi connectivity index (χ0n) is 22.3. The molecule has 3 aliphatic heterocycles. The molecule has 5 heterocycles. The fourth-order valence-corrected chi connectivity index (χ4v) is 9.13. The SMILES string of the molecule is CN1CCc2cn(C(=O)N3CCN(S(=O)(=O)c4cc5ccc(Cl)cc5s4)C(CC(=O)N4CCOCC4)C3)cc2C1. The topological polar surface area (TPSA) is 95.4 Å². The van der Waals surface area contributed by atoms with Gasteiger partial charge in [0.1, 0.15) is 4.21 Å². The lowest BCUT2D eigenvalue weighted by atomic mass is 10.1. The van der Waals surface area contributed by atoms with E-state index >= 15 is 0 Å². The number of carbonyl (C=O) groups excluding carboxylic acids is 2. The van der Waals surface area contributed by atoms with E-state index in [1.165, 1.54) is 15.6 Å². The number of benzene rings is 1. The molecule has 3 aromatic rings. The third-order valence-corrected chi connectivity index (χ3v) is 11.7. The molecule has 40 heavy (non-hydrogen) atoms. The second kappa shape index (κ2) is 11.1. The van der Waals surface area contributed by atoms with Crippen LogP contribution in [0.15, 0.2) is 40.9 Å². The normalized spacial score (nSPS) is 21.1. The average molecular weight is 606 g/mol. The Hall–Kier alpha value is -2.48. The van der Waals surface area contributed by atoms with Crippen molar-refractivity contribution in [2.75, 3.05) is 59.5 Å². The highest BCUT2D eigenvalue weighted by molar-refractivity contribution is 7.91. The minimum absolute atomic E-state index is 0.00724. The summed E-state index contributed by atoms with van der Waals surface area (Å²) in [5.74, 6) is -0.134. The first-order valence-corrected chi connectivity index (χ1v) is 16.1. The Labute approximate surface area is 242 Å². The van der Waals surface area contributed by atoms with Crippen LogP contribution in [0.2, 0.25) is 5.02 Å². The first-order chi connectivity index (χ1) is 19.2. The van der Waals surface area contributed by atoms with Crippen molar-refractivity contribution in [3.05, 3.63) is 52.8 Å². The number of fused-ring (bicyclic) bond motifs is 2. The van der Waals surface area contributed by atoms with Crippen molar-refractivity contribution in [2.45, 2.75) is 29.6 Å². The number of halogens is 1. The van der Waals surface area contributed by atoms with Gasteiger partial charge in [-0.25, -0.2) is 13.2 Å². The van der Waals surface area contributed by atoms with E-state index in [1.807, 2.05) is 12.4 Å². The van der Waals surface area contributed by atoms with Crippen LogP contribution < -0.4 is 0 Å². The van der Waals surface area contributed by atoms with Crippen LogP contribution in [-0.2, 0) is 32.5 Å². The zero-order chi connectivity index (χ0) is 28.0. The number of hydrogen-bond acceptors (Lipinski definition) is 7. The van der Waals surface area contributed by atoms with E-state index < -0.39 is 16.1 Å². The number of amides is 2. The maximum atomic E-state index is 14.0. The highest BCUT2D eigenvalue weighted by atomic mass is 35.5. The van der Waals surface area contributed by atoms with E-state index in [4.69, 9.17) is 16.3 Å². The Morgan fingerprint density at radius 3 is 2.60 bits per heavy atom. The summed E-state index contributed by atoms with van der Waals surface area (Å²) in [5.41, 5.74) is 2.30. The first kappa shape index (κ1) is 27.7. The number of likely N-dealkylation sites (N-methyl/N-ethyl adjacent to an activating group) is 1. The second-order valence-corrected chi connectivity index (χ2v) is 14.3. The maximum Gasteiger partial charge on any atom is 0.328 e. The van der Waals surface area contributed by atoms with Crippen LogP contribution in [0.25, 0.3) is 10.1 Å². The van der Waals surface area contributed by atoms with E-state index in [0.29, 0.717) is 31.3 Å². The number of ether oxygens (including phenoxy) is 1. The highest BCUT2D eigenvalue weighted by Crippen LogP contribution is 2.34. The fraction of sp³-hybridized carbons (Fsp3) is 0.481. The van der Waals surface area contributed by atoms with Crippen LogP contribution in [-0.4, -0.2) is 109 Å². The zero-order valence-corrected chi connectivity index (χ0v) is 24.7. The molecular formula is C27H32ClN5O5S2. The molecule has 1 atom stereocenters. The summed E-state index contributed by atoms with van der Waals surface area (Å²) >= 11 is 7.30. The van der Waals surface area contributed by atoms with Gasteiger partial charge < -0.3 is 19.4 Å². The van der Waals surface area contributed by atoms with Crippen molar-refractivity contribution in [1.29, 1.82) is 0 Å². The van der Waals surface area contributed by atoms with Gasteiger partial charge in [-0.2, -0.15) is 4.31 Å². The number of carbonyl (C=O) groups is 2. The summed E-state index contributed by atoms with van der Waals surface area (Å²) in [5, 5.41) is 1.34. The monoisotopic (exact) mass is 605 g/mol. The predicted octanol–water partition coefficient (Wildman–Crippen LogP) is 2.94. The van der Waals surface area contributed by atoms with Gasteiger partial charge in [0.05, 0.1) is 19.3 Å². The molecule has 2 amide bonds. The molecule has 13 heteroatoms. The molecule has 0 aliphatic carbocycles. The number of morpholine rings is 1. The molecule has 0 spiro atoms. The van der Waals surface area contributed by atoms with Crippen molar-refractivity contribution in [2.24, 2.45) is 0 Å². The quantitative estimate of drug-likeness (QED) is 0.454. The lowest BCUT2D eigenvalue weighted by molar-refractivity contribution is -0.136. The van der Waals surface area contributed by atoms with Gasteiger partial charge in [-0.3, -0.25) is 9.36 Å². The number of nitrogens with zero attached hydrogens (tertiary/aromatic N) is 5. The Balaban J connectivity index is 1.27. The van der Waals surface area contributed by atoms with Gasteiger partial charge >= 0.3 is 6.03 Å². The van der Waals surface area contributed by atoms with Crippen LogP contribution in [0.5, 0.6) is 0 Å². The second-order valence-electron chi connectivity index (χ2n) is 10.6. The van der Waals surface area contributed by atoms with E-state index in [2.05, 4.69) is 11.9 Å². The molecule has 0 saturated carbocycles. The molecule has 0 N–H and O–H groups in total. The molecule has 0 bridgehead atoms. The van der Waals surface area contributed by atoms with Gasteiger partial charge in [-0.1, -0.05) is 17.7 Å². The van der Waals surface area contributed by atoms with Crippen LogP contribution in [0.3, 0.4) is 0 Å². The van der Waals surface area contributed by atoms with Gasteiger partial charge in [0.15, 0.2) is 0 Å². The summed E-state index contributed by atoms with van der Waals surface area (Å²) in [6.45, 7) is 4.07. The average Bonchev–Trinajstić information content (AvgIpc) is 3.57. The molecule has 1 aromatic carbocycles. The Kier molecular flexibility index (Phi) is 7.66. The van der Waals surface area contributed by atoms with Gasteiger partial charge in [0.25, 0.3) is 10.0 Å². The number of hydrogen-bond donors (Lipinski definition) is 0. The third kappa shape index (κ3) is 5.40. The molecule has 0 radical (unpaired) electrons. The molecule has 2 fully saturated rings. The van der Waals surface area contributed by atoms with Crippen LogP contribution >= 0.6 is 22.9 Å². The summed E-state index contributed by atoms with van der Waals surface area (Å²) in [4.78, 5) is 32.5. The largest absolute Gasteiger partial charge is 0.378 e. The molecule has 2 saturated heterocycles. The van der Waals surface area contributed by atoms with Crippen LogP contribution in [0.1, 0.15) is 17.5 Å². The van der Waals surface area contributed by atoms with Crippen LogP contribution in [0, 0.1) is 0 Å². The van der Waals surface area contributed by atoms with Gasteiger partial charge in [0, 0.05) is 74.4 Å². The molecule has 3 aliphatic rings. The summed E-state index contributed by atoms with van der Waals surface area (Å²) in [7, 11) is -1.86. The number of aromatic nitrogens is 1. The van der Waals surface area contributed by atoms with Gasteiger partial charge in [0.2, 0.25) is 5.91 Å². The maximum absolute atomic E-state index is 14.0. The van der Waals surface area contributed by atoms with Crippen molar-refractivity contribution in [1.82, 2.24) is 23.6 Å². The Morgan fingerprint density at radius 1 is 1.02 bits per heavy atom. The van der Waals surface area contributed by atoms with E-state index in [1.54, 1.807) is 38.6 Å². The van der Waals surface area contributed by atoms with E-state index in [-0.39, 0.29) is 42.2 Å². The molecule has 2 aromatic heterocycles. The summed E-state index contributed by atoms with van der Waals surface area (Å²) in [6, 6.07) is 6.06. The molecule has 6 rings (SSSR count). The molecule has 10 nitrogen and oxygen atoms in total. The fourth-order valence-electron chi connectivity index (χ4n) is 5.72. The number of thiophene rings is 1. The molecule has 214 valence electrons. The lowest BCUT2D eigenvalue weighted by Gasteiger charge is -2.40. The van der Waals surface area contributed by atoms with Crippen molar-refractivity contribution in [3.63, 3.8) is 0 Å². The van der Waals surface area contributed by atoms with Crippen LogP contribution in [0.4, 0.5) is 4.79 Å². The minimum atomic E-state index is -3.92. The third-order valence-electron chi connectivity index (χ3n) is 7.92.